The van der Waals surface area contributed by atoms with Crippen molar-refractivity contribution in [1.29, 1.82) is 0 Å². The third-order valence-corrected chi connectivity index (χ3v) is 3.43. The molecular weight excluding hydrogens is 236 g/mol. The molecule has 1 aromatic heterocycles. The van der Waals surface area contributed by atoms with Gasteiger partial charge in [-0.1, -0.05) is 6.92 Å². The van der Waals surface area contributed by atoms with Crippen molar-refractivity contribution in [3.05, 3.63) is 12.1 Å². The number of nitrogen functional groups attached to an aromatic ring is 1. The van der Waals surface area contributed by atoms with Crippen molar-refractivity contribution < 1.29 is 9.84 Å². The minimum atomic E-state index is -0.381. The zero-order valence-electron chi connectivity index (χ0n) is 10.7. The van der Waals surface area contributed by atoms with Crippen LogP contribution in [-0.4, -0.2) is 27.5 Å². The van der Waals surface area contributed by atoms with Crippen molar-refractivity contribution in [3.8, 4) is 5.88 Å². The van der Waals surface area contributed by atoms with Gasteiger partial charge in [0.05, 0.1) is 17.9 Å². The molecule has 17 heavy (non-hydrogen) atoms. The Kier molecular flexibility index (Phi) is 5.08. The van der Waals surface area contributed by atoms with Crippen LogP contribution in [0.1, 0.15) is 27.7 Å². The summed E-state index contributed by atoms with van der Waals surface area (Å²) in [5.41, 5.74) is 6.32. The Hall–Kier alpha value is -0.940. The number of rotatable bonds is 5. The van der Waals surface area contributed by atoms with E-state index < -0.39 is 0 Å². The predicted molar refractivity (Wildman–Crippen MR) is 71.4 cm³/mol. The van der Waals surface area contributed by atoms with Gasteiger partial charge in [0.15, 0.2) is 0 Å². The van der Waals surface area contributed by atoms with Crippen molar-refractivity contribution in [2.45, 2.75) is 50.2 Å². The standard InChI is InChI=1S/C12H20N2O2S/c1-7(2)16-12-10(13)5-6-11(14-12)17-9(4)8(3)15/h5-9,15H,13H2,1-4H3. The molecule has 0 aliphatic carbocycles. The molecule has 0 aromatic carbocycles. The van der Waals surface area contributed by atoms with Gasteiger partial charge < -0.3 is 15.6 Å². The third kappa shape index (κ3) is 4.44. The molecule has 4 nitrogen and oxygen atoms in total. The minimum Gasteiger partial charge on any atom is -0.473 e. The summed E-state index contributed by atoms with van der Waals surface area (Å²) in [6, 6.07) is 3.62. The summed E-state index contributed by atoms with van der Waals surface area (Å²) in [6.07, 6.45) is -0.340. The molecule has 0 saturated carbocycles. The second-order valence-corrected chi connectivity index (χ2v) is 5.67. The number of pyridine rings is 1. The lowest BCUT2D eigenvalue weighted by molar-refractivity contribution is 0.196. The number of anilines is 1. The quantitative estimate of drug-likeness (QED) is 0.791. The average molecular weight is 256 g/mol. The molecule has 2 unspecified atom stereocenters. The first-order valence-electron chi connectivity index (χ1n) is 5.68. The molecule has 0 saturated heterocycles. The van der Waals surface area contributed by atoms with Crippen molar-refractivity contribution in [3.63, 3.8) is 0 Å². The van der Waals surface area contributed by atoms with Crippen LogP contribution >= 0.6 is 11.8 Å². The van der Waals surface area contributed by atoms with Gasteiger partial charge in [0.2, 0.25) is 5.88 Å². The Morgan fingerprint density at radius 2 is 1.94 bits per heavy atom. The van der Waals surface area contributed by atoms with E-state index in [4.69, 9.17) is 10.5 Å². The van der Waals surface area contributed by atoms with Crippen LogP contribution in [-0.2, 0) is 0 Å². The minimum absolute atomic E-state index is 0.0410. The SMILES string of the molecule is CC(C)Oc1nc(SC(C)C(C)O)ccc1N. The number of ether oxygens (including phenoxy) is 1. The molecule has 1 rings (SSSR count). The lowest BCUT2D eigenvalue weighted by Gasteiger charge is -2.15. The lowest BCUT2D eigenvalue weighted by atomic mass is 10.3. The van der Waals surface area contributed by atoms with Crippen LogP contribution in [0.5, 0.6) is 5.88 Å². The van der Waals surface area contributed by atoms with Crippen molar-refractivity contribution in [1.82, 2.24) is 4.98 Å². The number of thioether (sulfide) groups is 1. The normalized spacial score (nSPS) is 14.7. The largest absolute Gasteiger partial charge is 0.473 e. The van der Waals surface area contributed by atoms with Crippen LogP contribution < -0.4 is 10.5 Å². The molecule has 0 fully saturated rings. The highest BCUT2D eigenvalue weighted by Crippen LogP contribution is 2.28. The van der Waals surface area contributed by atoms with E-state index in [9.17, 15) is 5.11 Å². The molecule has 0 radical (unpaired) electrons. The summed E-state index contributed by atoms with van der Waals surface area (Å²) in [4.78, 5) is 4.34. The Morgan fingerprint density at radius 1 is 1.29 bits per heavy atom. The van der Waals surface area contributed by atoms with E-state index >= 15 is 0 Å². The van der Waals surface area contributed by atoms with E-state index in [1.165, 1.54) is 11.8 Å². The van der Waals surface area contributed by atoms with E-state index in [1.54, 1.807) is 13.0 Å². The lowest BCUT2D eigenvalue weighted by Crippen LogP contribution is -2.15. The Balaban J connectivity index is 2.81. The van der Waals surface area contributed by atoms with Crippen LogP contribution in [0.3, 0.4) is 0 Å². The van der Waals surface area contributed by atoms with E-state index in [0.717, 1.165) is 5.03 Å². The fourth-order valence-corrected chi connectivity index (χ4v) is 1.97. The maximum atomic E-state index is 9.45. The molecule has 5 heteroatoms. The number of aliphatic hydroxyl groups is 1. The number of aromatic nitrogens is 1. The monoisotopic (exact) mass is 256 g/mol. The summed E-state index contributed by atoms with van der Waals surface area (Å²) >= 11 is 1.50. The number of hydrogen-bond acceptors (Lipinski definition) is 5. The van der Waals surface area contributed by atoms with Crippen molar-refractivity contribution in [2.24, 2.45) is 0 Å². The maximum absolute atomic E-state index is 9.45. The summed E-state index contributed by atoms with van der Waals surface area (Å²) in [5, 5.41) is 10.3. The maximum Gasteiger partial charge on any atom is 0.238 e. The summed E-state index contributed by atoms with van der Waals surface area (Å²) in [6.45, 7) is 7.58. The van der Waals surface area contributed by atoms with E-state index in [2.05, 4.69) is 4.98 Å². The molecule has 0 bridgehead atoms. The first-order valence-corrected chi connectivity index (χ1v) is 6.56. The topological polar surface area (TPSA) is 68.4 Å². The first kappa shape index (κ1) is 14.1. The van der Waals surface area contributed by atoms with Crippen LogP contribution in [0.4, 0.5) is 5.69 Å². The molecular formula is C12H20N2O2S. The van der Waals surface area contributed by atoms with Crippen molar-refractivity contribution >= 4 is 17.4 Å². The third-order valence-electron chi connectivity index (χ3n) is 2.20. The predicted octanol–water partition coefficient (Wildman–Crippen LogP) is 2.31. The van der Waals surface area contributed by atoms with Gasteiger partial charge in [0.25, 0.3) is 0 Å². The fourth-order valence-electron chi connectivity index (χ4n) is 1.11. The van der Waals surface area contributed by atoms with Crippen molar-refractivity contribution in [2.75, 3.05) is 5.73 Å². The van der Waals surface area contributed by atoms with Gasteiger partial charge >= 0.3 is 0 Å². The average Bonchev–Trinajstić information content (AvgIpc) is 2.22. The smallest absolute Gasteiger partial charge is 0.238 e. The molecule has 0 amide bonds. The van der Waals surface area contributed by atoms with Crippen LogP contribution in [0.25, 0.3) is 0 Å². The van der Waals surface area contributed by atoms with Gasteiger partial charge in [-0.3, -0.25) is 0 Å². The summed E-state index contributed by atoms with van der Waals surface area (Å²) in [5.74, 6) is 0.461. The van der Waals surface area contributed by atoms with Crippen LogP contribution in [0, 0.1) is 0 Å². The van der Waals surface area contributed by atoms with Gasteiger partial charge in [-0.05, 0) is 32.9 Å². The Bertz CT molecular complexity index is 370. The van der Waals surface area contributed by atoms with E-state index in [1.807, 2.05) is 26.8 Å². The second-order valence-electron chi connectivity index (χ2n) is 4.27. The van der Waals surface area contributed by atoms with Gasteiger partial charge in [-0.25, -0.2) is 4.98 Å². The summed E-state index contributed by atoms with van der Waals surface area (Å²) < 4.78 is 5.52. The number of hydrogen-bond donors (Lipinski definition) is 2. The summed E-state index contributed by atoms with van der Waals surface area (Å²) in [7, 11) is 0. The number of nitrogens with two attached hydrogens (primary N) is 1. The van der Waals surface area contributed by atoms with Gasteiger partial charge in [-0.15, -0.1) is 11.8 Å². The van der Waals surface area contributed by atoms with E-state index in [-0.39, 0.29) is 17.5 Å². The highest BCUT2D eigenvalue weighted by Gasteiger charge is 2.13. The Labute approximate surface area is 107 Å². The molecule has 0 aliphatic heterocycles. The first-order chi connectivity index (χ1) is 7.90. The molecule has 0 aliphatic rings. The molecule has 1 aromatic rings. The van der Waals surface area contributed by atoms with Crippen LogP contribution in [0.15, 0.2) is 17.2 Å². The van der Waals surface area contributed by atoms with Crippen LogP contribution in [0.2, 0.25) is 0 Å². The second kappa shape index (κ2) is 6.12. The fraction of sp³-hybridized carbons (Fsp3) is 0.583. The van der Waals surface area contributed by atoms with Gasteiger partial charge in [0.1, 0.15) is 5.03 Å². The zero-order valence-corrected chi connectivity index (χ0v) is 11.5. The number of aliphatic hydroxyl groups excluding tert-OH is 1. The highest BCUT2D eigenvalue weighted by atomic mass is 32.2. The molecule has 1 heterocycles. The van der Waals surface area contributed by atoms with Gasteiger partial charge in [-0.2, -0.15) is 0 Å². The zero-order chi connectivity index (χ0) is 13.0. The molecule has 3 N–H and O–H groups in total. The molecule has 0 spiro atoms. The molecule has 96 valence electrons. The van der Waals surface area contributed by atoms with E-state index in [0.29, 0.717) is 11.6 Å². The van der Waals surface area contributed by atoms with Gasteiger partial charge in [0, 0.05) is 5.25 Å². The molecule has 2 atom stereocenters. The highest BCUT2D eigenvalue weighted by molar-refractivity contribution is 7.99. The Morgan fingerprint density at radius 3 is 2.47 bits per heavy atom. The number of nitrogens with zero attached hydrogens (tertiary/aromatic N) is 1.